The molecule has 24 heavy (non-hydrogen) atoms. The zero-order valence-electron chi connectivity index (χ0n) is 15.5. The third kappa shape index (κ3) is 4.83. The fourth-order valence-electron chi connectivity index (χ4n) is 3.49. The van der Waals surface area contributed by atoms with Crippen LogP contribution in [0.5, 0.6) is 0 Å². The van der Waals surface area contributed by atoms with Crippen LogP contribution in [0.15, 0.2) is 18.2 Å². The molecule has 1 aromatic rings. The van der Waals surface area contributed by atoms with Crippen molar-refractivity contribution in [3.63, 3.8) is 0 Å². The number of carbonyl (C=O) groups excluding carboxylic acids is 2. The Kier molecular flexibility index (Phi) is 5.68. The third-order valence-corrected chi connectivity index (χ3v) is 5.12. The molecule has 1 saturated carbocycles. The van der Waals surface area contributed by atoms with E-state index in [-0.39, 0.29) is 6.04 Å². The second kappa shape index (κ2) is 7.37. The summed E-state index contributed by atoms with van der Waals surface area (Å²) >= 11 is 0. The summed E-state index contributed by atoms with van der Waals surface area (Å²) in [5.41, 5.74) is 3.10. The lowest BCUT2D eigenvalue weighted by atomic mass is 9.71. The lowest BCUT2D eigenvalue weighted by Crippen LogP contribution is -2.44. The second-order valence-corrected chi connectivity index (χ2v) is 8.16. The number of hydrogen-bond acceptors (Lipinski definition) is 2. The van der Waals surface area contributed by atoms with E-state index in [0.29, 0.717) is 17.0 Å². The number of hydrogen-bond donors (Lipinski definition) is 2. The van der Waals surface area contributed by atoms with Crippen molar-refractivity contribution < 1.29 is 9.59 Å². The Morgan fingerprint density at radius 2 is 1.62 bits per heavy atom. The van der Waals surface area contributed by atoms with Gasteiger partial charge in [0.25, 0.3) is 0 Å². The van der Waals surface area contributed by atoms with Crippen LogP contribution < -0.4 is 10.6 Å². The van der Waals surface area contributed by atoms with Crippen molar-refractivity contribution in [1.29, 1.82) is 0 Å². The Labute approximate surface area is 145 Å². The minimum absolute atomic E-state index is 0.112. The van der Waals surface area contributed by atoms with Crippen molar-refractivity contribution in [3.05, 3.63) is 29.3 Å². The number of rotatable bonds is 2. The van der Waals surface area contributed by atoms with Crippen LogP contribution >= 0.6 is 0 Å². The van der Waals surface area contributed by atoms with E-state index in [1.165, 1.54) is 0 Å². The molecule has 0 heterocycles. The molecule has 4 nitrogen and oxygen atoms in total. The van der Waals surface area contributed by atoms with E-state index < -0.39 is 11.8 Å². The number of aryl methyl sites for hydroxylation is 2. The van der Waals surface area contributed by atoms with Crippen LogP contribution in [0.4, 0.5) is 5.69 Å². The Bertz CT molecular complexity index is 609. The Hall–Kier alpha value is -1.84. The van der Waals surface area contributed by atoms with Crippen molar-refractivity contribution in [2.45, 2.75) is 66.3 Å². The Morgan fingerprint density at radius 3 is 2.17 bits per heavy atom. The van der Waals surface area contributed by atoms with Crippen molar-refractivity contribution in [2.24, 2.45) is 11.3 Å². The van der Waals surface area contributed by atoms with E-state index in [1.807, 2.05) is 32.0 Å². The first-order chi connectivity index (χ1) is 11.2. The van der Waals surface area contributed by atoms with Crippen molar-refractivity contribution in [1.82, 2.24) is 5.32 Å². The average molecular weight is 330 g/mol. The Morgan fingerprint density at radius 1 is 1.00 bits per heavy atom. The lowest BCUT2D eigenvalue weighted by molar-refractivity contribution is -0.136. The molecule has 0 bridgehead atoms. The van der Waals surface area contributed by atoms with Gasteiger partial charge >= 0.3 is 11.8 Å². The topological polar surface area (TPSA) is 58.2 Å². The summed E-state index contributed by atoms with van der Waals surface area (Å²) < 4.78 is 0. The molecule has 0 aromatic heterocycles. The summed E-state index contributed by atoms with van der Waals surface area (Å²) in [4.78, 5) is 24.3. The zero-order chi connectivity index (χ0) is 17.9. The number of amides is 2. The summed E-state index contributed by atoms with van der Waals surface area (Å²) in [6.07, 6.45) is 4.11. The van der Waals surface area contributed by atoms with Gasteiger partial charge in [-0.15, -0.1) is 0 Å². The smallest absolute Gasteiger partial charge is 0.313 e. The van der Waals surface area contributed by atoms with Gasteiger partial charge in [0.2, 0.25) is 0 Å². The van der Waals surface area contributed by atoms with E-state index in [2.05, 4.69) is 31.4 Å². The molecule has 1 aromatic carbocycles. The highest BCUT2D eigenvalue weighted by atomic mass is 16.2. The van der Waals surface area contributed by atoms with E-state index in [4.69, 9.17) is 0 Å². The number of benzene rings is 1. The molecule has 132 valence electrons. The zero-order valence-corrected chi connectivity index (χ0v) is 15.5. The van der Waals surface area contributed by atoms with Gasteiger partial charge in [0.15, 0.2) is 0 Å². The summed E-state index contributed by atoms with van der Waals surface area (Å²) in [5.74, 6) is -0.427. The van der Waals surface area contributed by atoms with Gasteiger partial charge in [0.05, 0.1) is 0 Å². The van der Waals surface area contributed by atoms with Crippen LogP contribution in [-0.2, 0) is 9.59 Å². The molecule has 0 saturated heterocycles. The highest BCUT2D eigenvalue weighted by molar-refractivity contribution is 6.39. The standard InChI is InChI=1S/C20H30N2O2/c1-13-6-11-17(14(2)12-13)22-19(24)18(23)21-16-9-7-15(8-10-16)20(3,4)5/h6,11-12,15-16H,7-10H2,1-5H3,(H,21,23)(H,22,24). The largest absolute Gasteiger partial charge is 0.345 e. The van der Waals surface area contributed by atoms with Crippen LogP contribution in [0.25, 0.3) is 0 Å². The normalized spacial score (nSPS) is 21.2. The maximum atomic E-state index is 12.1. The van der Waals surface area contributed by atoms with E-state index in [9.17, 15) is 9.59 Å². The maximum Gasteiger partial charge on any atom is 0.313 e. The van der Waals surface area contributed by atoms with Gasteiger partial charge in [-0.2, -0.15) is 0 Å². The SMILES string of the molecule is Cc1ccc(NC(=O)C(=O)NC2CCC(C(C)(C)C)CC2)c(C)c1. The second-order valence-electron chi connectivity index (χ2n) is 8.16. The van der Waals surface area contributed by atoms with Gasteiger partial charge in [0, 0.05) is 11.7 Å². The molecular formula is C20H30N2O2. The van der Waals surface area contributed by atoms with Crippen LogP contribution in [0.2, 0.25) is 0 Å². The van der Waals surface area contributed by atoms with Crippen LogP contribution in [-0.4, -0.2) is 17.9 Å². The first-order valence-corrected chi connectivity index (χ1v) is 8.86. The van der Waals surface area contributed by atoms with E-state index in [1.54, 1.807) is 0 Å². The Balaban J connectivity index is 1.85. The van der Waals surface area contributed by atoms with E-state index >= 15 is 0 Å². The van der Waals surface area contributed by atoms with Gasteiger partial charge in [-0.1, -0.05) is 38.5 Å². The predicted molar refractivity (Wildman–Crippen MR) is 97.9 cm³/mol. The molecule has 0 radical (unpaired) electrons. The first kappa shape index (κ1) is 18.5. The number of anilines is 1. The van der Waals surface area contributed by atoms with Gasteiger partial charge < -0.3 is 10.6 Å². The third-order valence-electron chi connectivity index (χ3n) is 5.12. The molecule has 2 rings (SSSR count). The molecule has 2 amide bonds. The first-order valence-electron chi connectivity index (χ1n) is 8.86. The number of carbonyl (C=O) groups is 2. The van der Waals surface area contributed by atoms with Crippen molar-refractivity contribution in [3.8, 4) is 0 Å². The summed E-state index contributed by atoms with van der Waals surface area (Å²) in [5, 5.41) is 5.60. The fraction of sp³-hybridized carbons (Fsp3) is 0.600. The minimum Gasteiger partial charge on any atom is -0.345 e. The number of nitrogens with one attached hydrogen (secondary N) is 2. The van der Waals surface area contributed by atoms with Crippen LogP contribution in [0.1, 0.15) is 57.6 Å². The molecule has 0 atom stereocenters. The van der Waals surface area contributed by atoms with Gasteiger partial charge in [-0.25, -0.2) is 0 Å². The summed E-state index contributed by atoms with van der Waals surface area (Å²) in [7, 11) is 0. The quantitative estimate of drug-likeness (QED) is 0.806. The van der Waals surface area contributed by atoms with Gasteiger partial charge in [0.1, 0.15) is 0 Å². The summed E-state index contributed by atoms with van der Waals surface area (Å²) in [6.45, 7) is 10.7. The van der Waals surface area contributed by atoms with Crippen LogP contribution in [0, 0.1) is 25.2 Å². The fourth-order valence-corrected chi connectivity index (χ4v) is 3.49. The van der Waals surface area contributed by atoms with Gasteiger partial charge in [-0.05, 0) is 62.5 Å². The monoisotopic (exact) mass is 330 g/mol. The molecule has 0 spiro atoms. The minimum atomic E-state index is -0.583. The van der Waals surface area contributed by atoms with E-state index in [0.717, 1.165) is 36.8 Å². The highest BCUT2D eigenvalue weighted by Crippen LogP contribution is 2.37. The highest BCUT2D eigenvalue weighted by Gasteiger charge is 2.30. The predicted octanol–water partition coefficient (Wildman–Crippen LogP) is 3.96. The average Bonchev–Trinajstić information content (AvgIpc) is 2.49. The van der Waals surface area contributed by atoms with Crippen LogP contribution in [0.3, 0.4) is 0 Å². The molecular weight excluding hydrogens is 300 g/mol. The van der Waals surface area contributed by atoms with Crippen molar-refractivity contribution >= 4 is 17.5 Å². The molecule has 0 aliphatic heterocycles. The molecule has 1 fully saturated rings. The molecule has 2 N–H and O–H groups in total. The molecule has 4 heteroatoms. The summed E-state index contributed by atoms with van der Waals surface area (Å²) in [6, 6.07) is 5.86. The van der Waals surface area contributed by atoms with Gasteiger partial charge in [-0.3, -0.25) is 9.59 Å². The maximum absolute atomic E-state index is 12.1. The van der Waals surface area contributed by atoms with Crippen molar-refractivity contribution in [2.75, 3.05) is 5.32 Å². The molecule has 0 unspecified atom stereocenters. The molecule has 1 aliphatic carbocycles. The lowest BCUT2D eigenvalue weighted by Gasteiger charge is -2.37. The molecule has 1 aliphatic rings.